The molecule has 0 N–H and O–H groups in total. The number of carbonyl (C=O) groups is 2. The van der Waals surface area contributed by atoms with Crippen molar-refractivity contribution in [1.29, 1.82) is 0 Å². The van der Waals surface area contributed by atoms with Crippen LogP contribution in [0.15, 0.2) is 59.2 Å². The normalized spacial score (nSPS) is 20.9. The molecule has 1 aliphatic carbocycles. The van der Waals surface area contributed by atoms with Gasteiger partial charge in [-0.3, -0.25) is 9.59 Å². The second kappa shape index (κ2) is 6.65. The number of allylic oxidation sites excluding steroid dienone is 1. The third kappa shape index (κ3) is 3.11. The number of hydrogen-bond donors (Lipinski definition) is 0. The third-order valence-corrected chi connectivity index (χ3v) is 4.03. The van der Waals surface area contributed by atoms with Crippen LogP contribution in [0.1, 0.15) is 30.6 Å². The Morgan fingerprint density at radius 3 is 2.65 bits per heavy atom. The molecule has 0 saturated heterocycles. The number of ketones is 1. The molecule has 1 heterocycles. The van der Waals surface area contributed by atoms with Crippen LogP contribution >= 0.6 is 0 Å². The topological polar surface area (TPSA) is 56.5 Å². The van der Waals surface area contributed by atoms with Crippen LogP contribution in [-0.4, -0.2) is 18.4 Å². The molecule has 0 fully saturated rings. The molecule has 0 aliphatic heterocycles. The predicted octanol–water partition coefficient (Wildman–Crippen LogP) is 3.60. The summed E-state index contributed by atoms with van der Waals surface area (Å²) in [6, 6.07) is 13.0. The average molecular weight is 310 g/mol. The quantitative estimate of drug-likeness (QED) is 0.810. The molecule has 0 saturated carbocycles. The number of benzene rings is 1. The maximum absolute atomic E-state index is 12.6. The molecule has 0 unspecified atom stereocenters. The summed E-state index contributed by atoms with van der Waals surface area (Å²) >= 11 is 0. The van der Waals surface area contributed by atoms with Crippen LogP contribution in [0.5, 0.6) is 0 Å². The van der Waals surface area contributed by atoms with Crippen molar-refractivity contribution < 1.29 is 18.7 Å². The number of rotatable bonds is 4. The molecular weight excluding hydrogens is 292 g/mol. The van der Waals surface area contributed by atoms with Crippen molar-refractivity contribution in [2.45, 2.75) is 19.3 Å². The van der Waals surface area contributed by atoms with E-state index in [1.165, 1.54) is 0 Å². The van der Waals surface area contributed by atoms with E-state index in [1.54, 1.807) is 31.4 Å². The third-order valence-electron chi connectivity index (χ3n) is 4.03. The van der Waals surface area contributed by atoms with Crippen molar-refractivity contribution in [3.05, 3.63) is 66.1 Å². The summed E-state index contributed by atoms with van der Waals surface area (Å²) in [5.74, 6) is -0.571. The first-order valence-electron chi connectivity index (χ1n) is 7.70. The monoisotopic (exact) mass is 310 g/mol. The van der Waals surface area contributed by atoms with Crippen molar-refractivity contribution in [3.8, 4) is 0 Å². The Morgan fingerprint density at radius 2 is 2.00 bits per heavy atom. The highest BCUT2D eigenvalue weighted by molar-refractivity contribution is 6.04. The minimum atomic E-state index is -0.541. The fourth-order valence-corrected chi connectivity index (χ4v) is 3.06. The largest absolute Gasteiger partial charge is 0.469 e. The van der Waals surface area contributed by atoms with Gasteiger partial charge < -0.3 is 9.15 Å². The van der Waals surface area contributed by atoms with E-state index in [0.717, 1.165) is 5.56 Å². The van der Waals surface area contributed by atoms with Crippen molar-refractivity contribution in [3.63, 3.8) is 0 Å². The number of esters is 1. The first-order chi connectivity index (χ1) is 11.2. The Hall–Kier alpha value is -2.62. The van der Waals surface area contributed by atoms with Gasteiger partial charge in [-0.15, -0.1) is 0 Å². The summed E-state index contributed by atoms with van der Waals surface area (Å²) in [6.45, 7) is 2.08. The van der Waals surface area contributed by atoms with Crippen LogP contribution in [0.25, 0.3) is 5.57 Å². The lowest BCUT2D eigenvalue weighted by atomic mass is 9.74. The lowest BCUT2D eigenvalue weighted by Crippen LogP contribution is -2.30. The average Bonchev–Trinajstić information content (AvgIpc) is 3.09. The molecule has 3 rings (SSSR count). The fourth-order valence-electron chi connectivity index (χ4n) is 3.06. The summed E-state index contributed by atoms with van der Waals surface area (Å²) in [5, 5.41) is 0. The van der Waals surface area contributed by atoms with E-state index in [1.807, 2.05) is 30.3 Å². The van der Waals surface area contributed by atoms with Gasteiger partial charge in [0, 0.05) is 12.3 Å². The molecule has 1 aliphatic rings. The number of ether oxygens (including phenoxy) is 1. The molecule has 2 atom stereocenters. The summed E-state index contributed by atoms with van der Waals surface area (Å²) < 4.78 is 10.7. The lowest BCUT2D eigenvalue weighted by Gasteiger charge is -2.29. The van der Waals surface area contributed by atoms with Crippen LogP contribution in [0, 0.1) is 5.92 Å². The summed E-state index contributed by atoms with van der Waals surface area (Å²) in [7, 11) is 0. The predicted molar refractivity (Wildman–Crippen MR) is 85.6 cm³/mol. The number of carbonyl (C=O) groups excluding carboxylic acids is 2. The van der Waals surface area contributed by atoms with Gasteiger partial charge >= 0.3 is 5.97 Å². The van der Waals surface area contributed by atoms with E-state index in [4.69, 9.17) is 9.15 Å². The standard InChI is InChI=1S/C19H18O4/c1-2-22-19(21)18-15(13-7-4-3-5-8-13)11-14(20)12-16(18)17-9-6-10-23-17/h3-11,16,18H,2,12H2,1H3/t16-,18+/m0/s1. The van der Waals surface area contributed by atoms with E-state index in [9.17, 15) is 9.59 Å². The van der Waals surface area contributed by atoms with Gasteiger partial charge in [-0.25, -0.2) is 0 Å². The molecule has 118 valence electrons. The maximum atomic E-state index is 12.6. The zero-order valence-corrected chi connectivity index (χ0v) is 12.9. The molecule has 2 aromatic rings. The van der Waals surface area contributed by atoms with E-state index in [2.05, 4.69) is 0 Å². The fraction of sp³-hybridized carbons (Fsp3) is 0.263. The summed E-state index contributed by atoms with van der Waals surface area (Å²) in [4.78, 5) is 24.8. The smallest absolute Gasteiger partial charge is 0.314 e. The Bertz CT molecular complexity index is 713. The van der Waals surface area contributed by atoms with Crippen LogP contribution in [-0.2, 0) is 14.3 Å². The number of furan rings is 1. The Labute approximate surface area is 134 Å². The molecule has 0 amide bonds. The minimum Gasteiger partial charge on any atom is -0.469 e. The maximum Gasteiger partial charge on any atom is 0.314 e. The molecule has 0 spiro atoms. The first-order valence-corrected chi connectivity index (χ1v) is 7.70. The van der Waals surface area contributed by atoms with Gasteiger partial charge in [0.2, 0.25) is 0 Å². The highest BCUT2D eigenvalue weighted by atomic mass is 16.5. The van der Waals surface area contributed by atoms with E-state index in [-0.39, 0.29) is 24.1 Å². The molecule has 0 radical (unpaired) electrons. The summed E-state index contributed by atoms with van der Waals surface area (Å²) in [5.41, 5.74) is 1.55. The van der Waals surface area contributed by atoms with Gasteiger partial charge in [-0.2, -0.15) is 0 Å². The second-order valence-electron chi connectivity index (χ2n) is 5.49. The Balaban J connectivity index is 2.07. The molecule has 23 heavy (non-hydrogen) atoms. The van der Waals surface area contributed by atoms with Crippen molar-refractivity contribution in [2.75, 3.05) is 6.61 Å². The lowest BCUT2D eigenvalue weighted by molar-refractivity contribution is -0.147. The zero-order valence-electron chi connectivity index (χ0n) is 12.9. The van der Waals surface area contributed by atoms with Crippen LogP contribution < -0.4 is 0 Å². The van der Waals surface area contributed by atoms with E-state index >= 15 is 0 Å². The SMILES string of the molecule is CCOC(=O)[C@@H]1C(c2ccccc2)=CC(=O)C[C@H]1c1ccco1. The molecule has 4 heteroatoms. The van der Waals surface area contributed by atoms with Gasteiger partial charge in [0.25, 0.3) is 0 Å². The van der Waals surface area contributed by atoms with Crippen molar-refractivity contribution in [2.24, 2.45) is 5.92 Å². The Kier molecular flexibility index (Phi) is 4.42. The van der Waals surface area contributed by atoms with Crippen molar-refractivity contribution in [1.82, 2.24) is 0 Å². The van der Waals surface area contributed by atoms with Gasteiger partial charge in [-0.1, -0.05) is 30.3 Å². The molecule has 1 aromatic heterocycles. The van der Waals surface area contributed by atoms with Gasteiger partial charge in [-0.05, 0) is 36.3 Å². The molecule has 4 nitrogen and oxygen atoms in total. The van der Waals surface area contributed by atoms with Crippen LogP contribution in [0.3, 0.4) is 0 Å². The van der Waals surface area contributed by atoms with Crippen molar-refractivity contribution >= 4 is 17.3 Å². The summed E-state index contributed by atoms with van der Waals surface area (Å²) in [6.07, 6.45) is 3.37. The molecule has 0 bridgehead atoms. The van der Waals surface area contributed by atoms with Gasteiger partial charge in [0.15, 0.2) is 5.78 Å². The molecular formula is C19H18O4. The highest BCUT2D eigenvalue weighted by Gasteiger charge is 2.40. The van der Waals surface area contributed by atoms with Gasteiger partial charge in [0.1, 0.15) is 5.76 Å². The second-order valence-corrected chi connectivity index (χ2v) is 5.49. The highest BCUT2D eigenvalue weighted by Crippen LogP contribution is 2.42. The van der Waals surface area contributed by atoms with E-state index < -0.39 is 5.92 Å². The molecule has 1 aromatic carbocycles. The van der Waals surface area contributed by atoms with Gasteiger partial charge in [0.05, 0.1) is 18.8 Å². The van der Waals surface area contributed by atoms with Crippen LogP contribution in [0.4, 0.5) is 0 Å². The zero-order chi connectivity index (χ0) is 16.2. The van der Waals surface area contributed by atoms with Crippen LogP contribution in [0.2, 0.25) is 0 Å². The Morgan fingerprint density at radius 1 is 1.22 bits per heavy atom. The number of hydrogen-bond acceptors (Lipinski definition) is 4. The first kappa shape index (κ1) is 15.3. The van der Waals surface area contributed by atoms with E-state index in [0.29, 0.717) is 17.9 Å². The minimum absolute atomic E-state index is 0.00852.